The first-order chi connectivity index (χ1) is 12.9. The molecule has 0 unspecified atom stereocenters. The fourth-order valence-electron chi connectivity index (χ4n) is 3.65. The molecule has 3 rings (SSSR count). The van der Waals surface area contributed by atoms with Gasteiger partial charge in [0.1, 0.15) is 4.75 Å². The van der Waals surface area contributed by atoms with Gasteiger partial charge in [0.25, 0.3) is 0 Å². The van der Waals surface area contributed by atoms with Crippen molar-refractivity contribution in [3.8, 4) is 0 Å². The molecule has 0 aromatic heterocycles. The quantitative estimate of drug-likeness (QED) is 0.639. The number of hydrogen-bond acceptors (Lipinski definition) is 4. The molecule has 1 aliphatic carbocycles. The third kappa shape index (κ3) is 5.40. The maximum Gasteiger partial charge on any atom is 0.490 e. The van der Waals surface area contributed by atoms with Crippen molar-refractivity contribution in [2.75, 3.05) is 13.1 Å². The summed E-state index contributed by atoms with van der Waals surface area (Å²) in [5.41, 5.74) is 3.02. The second-order valence-electron chi connectivity index (χ2n) is 8.22. The van der Waals surface area contributed by atoms with Crippen LogP contribution in [0.25, 0.3) is 0 Å². The molecule has 1 fully saturated rings. The molecule has 0 bridgehead atoms. The van der Waals surface area contributed by atoms with Crippen molar-refractivity contribution in [2.45, 2.75) is 57.0 Å². The fraction of sp³-hybridized carbons (Fsp3) is 0.632. The summed E-state index contributed by atoms with van der Waals surface area (Å²) in [6.07, 6.45) is -1.66. The van der Waals surface area contributed by atoms with Gasteiger partial charge in [-0.15, -0.1) is 4.72 Å². The lowest BCUT2D eigenvalue weighted by atomic mass is 9.73. The van der Waals surface area contributed by atoms with Crippen LogP contribution in [0.3, 0.4) is 0 Å². The number of benzene rings is 1. The summed E-state index contributed by atoms with van der Waals surface area (Å²) in [5, 5.41) is 10.6. The standard InChI is InChI=1S/C17H26N2OS.C2HF3O2/c1-16(2,3)21(20)19-15-14-7-5-4-6-13(14)12-17(15)8-10-18-11-9-17;3-2(4,5)1(6)7/h4-7,15,18-19H,8-12H2,1-3H3;(H,6,7)/t15-,21-;/m1./s1. The van der Waals surface area contributed by atoms with Crippen LogP contribution in [0.4, 0.5) is 13.2 Å². The number of halogens is 3. The van der Waals surface area contributed by atoms with Gasteiger partial charge in [0.05, 0.1) is 6.04 Å². The molecule has 158 valence electrons. The number of hydrogen-bond donors (Lipinski definition) is 3. The van der Waals surface area contributed by atoms with E-state index in [-0.39, 0.29) is 16.2 Å². The Labute approximate surface area is 166 Å². The number of carbonyl (C=O) groups is 1. The minimum atomic E-state index is -5.08. The number of carboxylic acid groups (broad SMARTS) is 1. The Morgan fingerprint density at radius 1 is 1.25 bits per heavy atom. The van der Waals surface area contributed by atoms with Crippen molar-refractivity contribution in [3.05, 3.63) is 35.4 Å². The Hall–Kier alpha value is -1.29. The molecule has 0 saturated carbocycles. The van der Waals surface area contributed by atoms with Gasteiger partial charge in [-0.2, -0.15) is 13.2 Å². The highest BCUT2D eigenvalue weighted by Gasteiger charge is 2.49. The van der Waals surface area contributed by atoms with Gasteiger partial charge in [-0.3, -0.25) is 0 Å². The summed E-state index contributed by atoms with van der Waals surface area (Å²) in [5.74, 6) is -2.76. The van der Waals surface area contributed by atoms with Crippen molar-refractivity contribution >= 4 is 17.3 Å². The number of alkyl halides is 3. The fourth-order valence-corrected chi connectivity index (χ4v) is 4.60. The predicted molar refractivity (Wildman–Crippen MR) is 102 cm³/mol. The van der Waals surface area contributed by atoms with Crippen LogP contribution in [0.15, 0.2) is 24.3 Å². The van der Waals surface area contributed by atoms with E-state index in [4.69, 9.17) is 9.90 Å². The molecule has 1 aromatic rings. The van der Waals surface area contributed by atoms with Crippen LogP contribution in [-0.2, 0) is 22.6 Å². The van der Waals surface area contributed by atoms with Gasteiger partial charge in [0.2, 0.25) is 0 Å². The molecular formula is C19H27F3N2O3S. The molecule has 0 amide bonds. The van der Waals surface area contributed by atoms with Crippen LogP contribution >= 0.6 is 0 Å². The van der Waals surface area contributed by atoms with Crippen LogP contribution < -0.4 is 10.0 Å². The number of carboxylic acids is 1. The summed E-state index contributed by atoms with van der Waals surface area (Å²) >= 11 is -1.03. The van der Waals surface area contributed by atoms with Crippen LogP contribution in [0.5, 0.6) is 0 Å². The molecule has 1 heterocycles. The van der Waals surface area contributed by atoms with Gasteiger partial charge in [0, 0.05) is 16.8 Å². The first-order valence-corrected chi connectivity index (χ1v) is 10.3. The Morgan fingerprint density at radius 2 is 1.79 bits per heavy atom. The lowest BCUT2D eigenvalue weighted by Gasteiger charge is -2.40. The molecule has 1 aliphatic heterocycles. The van der Waals surface area contributed by atoms with Gasteiger partial charge in [0.15, 0.2) is 0 Å². The number of fused-ring (bicyclic) bond motifs is 1. The van der Waals surface area contributed by atoms with Gasteiger partial charge in [-0.25, -0.2) is 4.79 Å². The van der Waals surface area contributed by atoms with E-state index >= 15 is 0 Å². The average molecular weight is 420 g/mol. The van der Waals surface area contributed by atoms with Gasteiger partial charge in [-0.05, 0) is 64.3 Å². The normalized spacial score (nSPS) is 22.2. The van der Waals surface area contributed by atoms with Crippen molar-refractivity contribution in [1.29, 1.82) is 0 Å². The SMILES string of the molecule is CC(C)(C)[S@@+]([O-])N[C@@H]1c2ccccc2CC12CCNCC2.O=C(O)C(F)(F)F. The number of piperidine rings is 1. The maximum absolute atomic E-state index is 12.6. The van der Waals surface area contributed by atoms with E-state index in [2.05, 4.69) is 34.3 Å². The Bertz CT molecular complexity index is 686. The third-order valence-electron chi connectivity index (χ3n) is 5.14. The highest BCUT2D eigenvalue weighted by atomic mass is 32.2. The largest absolute Gasteiger partial charge is 0.598 e. The Balaban J connectivity index is 0.000000345. The molecule has 1 saturated heterocycles. The van der Waals surface area contributed by atoms with Crippen molar-refractivity contribution in [2.24, 2.45) is 5.41 Å². The van der Waals surface area contributed by atoms with Gasteiger partial charge in [-0.1, -0.05) is 24.3 Å². The van der Waals surface area contributed by atoms with Gasteiger partial charge < -0.3 is 15.0 Å². The molecule has 28 heavy (non-hydrogen) atoms. The lowest BCUT2D eigenvalue weighted by molar-refractivity contribution is -0.192. The van der Waals surface area contributed by atoms with E-state index in [1.165, 1.54) is 11.1 Å². The summed E-state index contributed by atoms with van der Waals surface area (Å²) in [6.45, 7) is 8.23. The first-order valence-electron chi connectivity index (χ1n) is 9.13. The molecule has 1 aromatic carbocycles. The Kier molecular flexibility index (Phi) is 7.07. The van der Waals surface area contributed by atoms with Crippen LogP contribution in [0, 0.1) is 5.41 Å². The van der Waals surface area contributed by atoms with Crippen LogP contribution in [0.1, 0.15) is 50.8 Å². The van der Waals surface area contributed by atoms with E-state index in [0.29, 0.717) is 0 Å². The van der Waals surface area contributed by atoms with E-state index in [9.17, 15) is 17.7 Å². The smallest absolute Gasteiger partial charge is 0.490 e. The second kappa shape index (κ2) is 8.61. The van der Waals surface area contributed by atoms with Crippen LogP contribution in [-0.4, -0.2) is 39.6 Å². The monoisotopic (exact) mass is 420 g/mol. The topological polar surface area (TPSA) is 84.4 Å². The van der Waals surface area contributed by atoms with E-state index < -0.39 is 23.5 Å². The first kappa shape index (κ1) is 23.0. The average Bonchev–Trinajstić information content (AvgIpc) is 2.87. The van der Waals surface area contributed by atoms with Crippen LogP contribution in [0.2, 0.25) is 0 Å². The highest BCUT2D eigenvalue weighted by Crippen LogP contribution is 2.51. The van der Waals surface area contributed by atoms with E-state index in [0.717, 1.165) is 32.4 Å². The second-order valence-corrected chi connectivity index (χ2v) is 10.2. The lowest BCUT2D eigenvalue weighted by Crippen LogP contribution is -2.48. The molecule has 2 atom stereocenters. The summed E-state index contributed by atoms with van der Waals surface area (Å²) < 4.78 is 47.6. The van der Waals surface area contributed by atoms with Crippen molar-refractivity contribution in [1.82, 2.24) is 10.0 Å². The number of rotatable bonds is 2. The van der Waals surface area contributed by atoms with Crippen molar-refractivity contribution < 1.29 is 27.6 Å². The van der Waals surface area contributed by atoms with Crippen molar-refractivity contribution in [3.63, 3.8) is 0 Å². The molecular weight excluding hydrogens is 393 g/mol. The number of nitrogens with one attached hydrogen (secondary N) is 2. The molecule has 3 N–H and O–H groups in total. The summed E-state index contributed by atoms with van der Waals surface area (Å²) in [7, 11) is 0. The zero-order valence-corrected chi connectivity index (χ0v) is 17.0. The highest BCUT2D eigenvalue weighted by molar-refractivity contribution is 7.90. The Morgan fingerprint density at radius 3 is 2.29 bits per heavy atom. The summed E-state index contributed by atoms with van der Waals surface area (Å²) in [4.78, 5) is 8.90. The third-order valence-corrected chi connectivity index (χ3v) is 6.71. The molecule has 0 radical (unpaired) electrons. The zero-order chi connectivity index (χ0) is 21.2. The molecule has 1 spiro atoms. The minimum absolute atomic E-state index is 0.218. The van der Waals surface area contributed by atoms with E-state index in [1.807, 2.05) is 20.8 Å². The maximum atomic E-state index is 12.6. The minimum Gasteiger partial charge on any atom is -0.598 e. The molecule has 2 aliphatic rings. The predicted octanol–water partition coefficient (Wildman–Crippen LogP) is 3.34. The zero-order valence-electron chi connectivity index (χ0n) is 16.2. The van der Waals surface area contributed by atoms with Gasteiger partial charge >= 0.3 is 12.1 Å². The number of aliphatic carboxylic acids is 1. The molecule has 9 heteroatoms. The summed E-state index contributed by atoms with van der Waals surface area (Å²) in [6, 6.07) is 8.89. The molecule has 5 nitrogen and oxygen atoms in total. The van der Waals surface area contributed by atoms with E-state index in [1.54, 1.807) is 0 Å².